The van der Waals surface area contributed by atoms with Crippen LogP contribution in [-0.2, 0) is 14.8 Å². The number of nitrogens with zero attached hydrogens (tertiary/aromatic N) is 3. The third-order valence-electron chi connectivity index (χ3n) is 4.96. The zero-order chi connectivity index (χ0) is 20.7. The summed E-state index contributed by atoms with van der Waals surface area (Å²) in [6.45, 7) is 7.48. The number of rotatable bonds is 9. The maximum absolute atomic E-state index is 12.7. The van der Waals surface area contributed by atoms with Crippen molar-refractivity contribution in [1.82, 2.24) is 15.1 Å². The maximum Gasteiger partial charge on any atom is 0.243 e. The van der Waals surface area contributed by atoms with Crippen LogP contribution in [0, 0.1) is 0 Å². The second-order valence-electron chi connectivity index (χ2n) is 7.25. The lowest BCUT2D eigenvalue weighted by molar-refractivity contribution is -0.122. The summed E-state index contributed by atoms with van der Waals surface area (Å²) in [5.41, 5.74) is 0.436. The quantitative estimate of drug-likeness (QED) is 0.603. The van der Waals surface area contributed by atoms with E-state index < -0.39 is 16.1 Å². The van der Waals surface area contributed by atoms with Gasteiger partial charge in [-0.2, -0.15) is 0 Å². The number of sulfonamides is 1. The molecular formula is C19H31ClN4O3S. The maximum atomic E-state index is 12.7. The zero-order valence-corrected chi connectivity index (χ0v) is 18.5. The van der Waals surface area contributed by atoms with Gasteiger partial charge in [0.25, 0.3) is 0 Å². The number of hydrogen-bond acceptors (Lipinski definition) is 5. The first-order valence-corrected chi connectivity index (χ1v) is 11.9. The molecule has 7 nitrogen and oxygen atoms in total. The Kier molecular flexibility index (Phi) is 8.55. The molecule has 0 aromatic heterocycles. The molecule has 1 aromatic carbocycles. The molecule has 0 aliphatic carbocycles. The van der Waals surface area contributed by atoms with E-state index in [1.807, 2.05) is 6.92 Å². The van der Waals surface area contributed by atoms with Crippen LogP contribution in [0.3, 0.4) is 0 Å². The summed E-state index contributed by atoms with van der Waals surface area (Å²) >= 11 is 5.91. The summed E-state index contributed by atoms with van der Waals surface area (Å²) in [7, 11) is -1.50. The SMILES string of the molecule is CC[C@@H](C(=O)NCCCN1CCN(C)CC1)N(c1ccc(Cl)cc1)S(C)(=O)=O. The molecule has 1 N–H and O–H groups in total. The summed E-state index contributed by atoms with van der Waals surface area (Å²) in [4.78, 5) is 17.4. The lowest BCUT2D eigenvalue weighted by atomic mass is 10.2. The summed E-state index contributed by atoms with van der Waals surface area (Å²) in [5.74, 6) is -0.277. The molecule has 1 aliphatic rings. The highest BCUT2D eigenvalue weighted by Crippen LogP contribution is 2.24. The number of hydrogen-bond donors (Lipinski definition) is 1. The largest absolute Gasteiger partial charge is 0.354 e. The van der Waals surface area contributed by atoms with E-state index in [0.717, 1.165) is 45.4 Å². The number of carbonyl (C=O) groups excluding carboxylic acids is 1. The molecule has 1 saturated heterocycles. The second-order valence-corrected chi connectivity index (χ2v) is 9.54. The summed E-state index contributed by atoms with van der Waals surface area (Å²) in [6.07, 6.45) is 2.33. The van der Waals surface area contributed by atoms with Crippen LogP contribution >= 0.6 is 11.6 Å². The Morgan fingerprint density at radius 2 is 1.82 bits per heavy atom. The van der Waals surface area contributed by atoms with Gasteiger partial charge >= 0.3 is 0 Å². The Bertz CT molecular complexity index is 734. The number of halogens is 1. The zero-order valence-electron chi connectivity index (χ0n) is 16.9. The van der Waals surface area contributed by atoms with Crippen molar-refractivity contribution in [1.29, 1.82) is 0 Å². The van der Waals surface area contributed by atoms with E-state index in [1.165, 1.54) is 4.31 Å². The van der Waals surface area contributed by atoms with E-state index in [2.05, 4.69) is 22.2 Å². The van der Waals surface area contributed by atoms with E-state index in [9.17, 15) is 13.2 Å². The normalized spacial score (nSPS) is 17.3. The Morgan fingerprint density at radius 3 is 2.36 bits per heavy atom. The van der Waals surface area contributed by atoms with Gasteiger partial charge in [0.2, 0.25) is 15.9 Å². The third kappa shape index (κ3) is 6.62. The number of nitrogens with one attached hydrogen (secondary N) is 1. The van der Waals surface area contributed by atoms with Gasteiger partial charge in [-0.05, 0) is 50.7 Å². The molecule has 1 heterocycles. The highest BCUT2D eigenvalue weighted by Gasteiger charge is 2.31. The molecular weight excluding hydrogens is 400 g/mol. The van der Waals surface area contributed by atoms with Crippen molar-refractivity contribution in [3.05, 3.63) is 29.3 Å². The van der Waals surface area contributed by atoms with Crippen LogP contribution in [0.4, 0.5) is 5.69 Å². The minimum absolute atomic E-state index is 0.277. The number of anilines is 1. The number of likely N-dealkylation sites (N-methyl/N-ethyl adjacent to an activating group) is 1. The van der Waals surface area contributed by atoms with Gasteiger partial charge in [0, 0.05) is 37.7 Å². The first-order chi connectivity index (χ1) is 13.2. The van der Waals surface area contributed by atoms with Gasteiger partial charge in [-0.25, -0.2) is 8.42 Å². The van der Waals surface area contributed by atoms with Crippen molar-refractivity contribution >= 4 is 33.2 Å². The van der Waals surface area contributed by atoms with Crippen molar-refractivity contribution in [2.24, 2.45) is 0 Å². The predicted octanol–water partition coefficient (Wildman–Crippen LogP) is 1.64. The fourth-order valence-corrected chi connectivity index (χ4v) is 4.69. The number of benzene rings is 1. The Balaban J connectivity index is 1.95. The second kappa shape index (κ2) is 10.4. The average molecular weight is 431 g/mol. The minimum Gasteiger partial charge on any atom is -0.354 e. The highest BCUT2D eigenvalue weighted by molar-refractivity contribution is 7.92. The molecule has 2 rings (SSSR count). The fourth-order valence-electron chi connectivity index (χ4n) is 3.35. The summed E-state index contributed by atoms with van der Waals surface area (Å²) in [6, 6.07) is 5.69. The Labute approximate surface area is 173 Å². The van der Waals surface area contributed by atoms with Crippen LogP contribution in [0.2, 0.25) is 5.02 Å². The number of amides is 1. The molecule has 1 aliphatic heterocycles. The van der Waals surface area contributed by atoms with Gasteiger partial charge < -0.3 is 15.1 Å². The van der Waals surface area contributed by atoms with Crippen LogP contribution in [0.1, 0.15) is 19.8 Å². The van der Waals surface area contributed by atoms with Gasteiger partial charge in [0.1, 0.15) is 6.04 Å². The molecule has 1 aromatic rings. The van der Waals surface area contributed by atoms with Crippen molar-refractivity contribution in [2.45, 2.75) is 25.8 Å². The summed E-state index contributed by atoms with van der Waals surface area (Å²) in [5, 5.41) is 3.42. The van der Waals surface area contributed by atoms with Crippen LogP contribution in [-0.4, -0.2) is 82.7 Å². The average Bonchev–Trinajstić information content (AvgIpc) is 2.64. The van der Waals surface area contributed by atoms with E-state index in [4.69, 9.17) is 11.6 Å². The lowest BCUT2D eigenvalue weighted by Crippen LogP contribution is -2.50. The van der Waals surface area contributed by atoms with Crippen molar-refractivity contribution < 1.29 is 13.2 Å². The van der Waals surface area contributed by atoms with Gasteiger partial charge in [-0.1, -0.05) is 18.5 Å². The van der Waals surface area contributed by atoms with E-state index in [1.54, 1.807) is 24.3 Å². The van der Waals surface area contributed by atoms with Crippen molar-refractivity contribution in [2.75, 3.05) is 56.9 Å². The molecule has 0 radical (unpaired) electrons. The molecule has 0 bridgehead atoms. The fraction of sp³-hybridized carbons (Fsp3) is 0.632. The van der Waals surface area contributed by atoms with Crippen molar-refractivity contribution in [3.8, 4) is 0 Å². The number of piperazine rings is 1. The monoisotopic (exact) mass is 430 g/mol. The Morgan fingerprint density at radius 1 is 1.21 bits per heavy atom. The van der Waals surface area contributed by atoms with Gasteiger partial charge in [-0.15, -0.1) is 0 Å². The summed E-state index contributed by atoms with van der Waals surface area (Å²) < 4.78 is 26.0. The molecule has 1 atom stereocenters. The van der Waals surface area contributed by atoms with Crippen molar-refractivity contribution in [3.63, 3.8) is 0 Å². The molecule has 0 saturated carbocycles. The predicted molar refractivity (Wildman–Crippen MR) is 114 cm³/mol. The number of carbonyl (C=O) groups is 1. The Hall–Kier alpha value is -1.35. The van der Waals surface area contributed by atoms with E-state index >= 15 is 0 Å². The molecule has 28 heavy (non-hydrogen) atoms. The van der Waals surface area contributed by atoms with Gasteiger partial charge in [0.05, 0.1) is 11.9 Å². The molecule has 158 valence electrons. The lowest BCUT2D eigenvalue weighted by Gasteiger charge is -2.32. The standard InChI is InChI=1S/C19H31ClN4O3S/c1-4-18(24(28(3,26)27)17-8-6-16(20)7-9-17)19(25)21-10-5-11-23-14-12-22(2)13-15-23/h6-9,18H,4-5,10-15H2,1-3H3,(H,21,25)/t18-/m0/s1. The molecule has 0 unspecified atom stereocenters. The molecule has 1 amide bonds. The first-order valence-electron chi connectivity index (χ1n) is 9.66. The van der Waals surface area contributed by atoms with Crippen LogP contribution in [0.15, 0.2) is 24.3 Å². The minimum atomic E-state index is -3.62. The van der Waals surface area contributed by atoms with Gasteiger partial charge in [-0.3, -0.25) is 9.10 Å². The van der Waals surface area contributed by atoms with E-state index in [-0.39, 0.29) is 5.91 Å². The van der Waals surface area contributed by atoms with Crippen LogP contribution < -0.4 is 9.62 Å². The highest BCUT2D eigenvalue weighted by atomic mass is 35.5. The molecule has 0 spiro atoms. The van der Waals surface area contributed by atoms with Gasteiger partial charge in [0.15, 0.2) is 0 Å². The molecule has 1 fully saturated rings. The topological polar surface area (TPSA) is 73.0 Å². The third-order valence-corrected chi connectivity index (χ3v) is 6.39. The first kappa shape index (κ1) is 22.9. The van der Waals surface area contributed by atoms with Crippen LogP contribution in [0.5, 0.6) is 0 Å². The van der Waals surface area contributed by atoms with Crippen LogP contribution in [0.25, 0.3) is 0 Å². The van der Waals surface area contributed by atoms with E-state index in [0.29, 0.717) is 23.7 Å². The smallest absolute Gasteiger partial charge is 0.243 e. The molecule has 9 heteroatoms.